The van der Waals surface area contributed by atoms with Gasteiger partial charge in [-0.15, -0.1) is 0 Å². The number of phenolic OH excluding ortho intramolecular Hbond substituents is 2. The van der Waals surface area contributed by atoms with E-state index in [2.05, 4.69) is 5.32 Å². The Kier molecular flexibility index (Phi) is 4.26. The van der Waals surface area contributed by atoms with Gasteiger partial charge in [-0.3, -0.25) is 0 Å². The van der Waals surface area contributed by atoms with Gasteiger partial charge in [0, 0.05) is 17.3 Å². The molecule has 0 bridgehead atoms. The Morgan fingerprint density at radius 2 is 1.52 bits per heavy atom. The number of aromatic hydroxyl groups is 2. The number of thiocarbonyl (C=S) groups is 1. The SMILES string of the molecule is Oc1ccc(C(=S)Nc2ccccc2-c2ccccc2)c(O)c1. The lowest BCUT2D eigenvalue weighted by Gasteiger charge is -2.14. The summed E-state index contributed by atoms with van der Waals surface area (Å²) in [7, 11) is 0. The molecule has 0 amide bonds. The molecule has 3 rings (SSSR count). The number of phenols is 2. The van der Waals surface area contributed by atoms with Gasteiger partial charge in [-0.1, -0.05) is 60.7 Å². The number of rotatable bonds is 3. The van der Waals surface area contributed by atoms with E-state index in [1.807, 2.05) is 54.6 Å². The minimum atomic E-state index is -0.0558. The Hall–Kier alpha value is -2.85. The lowest BCUT2D eigenvalue weighted by molar-refractivity contribution is 0.450. The molecule has 0 aromatic heterocycles. The quantitative estimate of drug-likeness (QED) is 0.619. The standard InChI is InChI=1S/C19H15NO2S/c21-14-10-11-16(18(22)12-14)19(23)20-17-9-5-4-8-15(17)13-6-2-1-3-7-13/h1-12,21-22H,(H,20,23). The minimum absolute atomic E-state index is 0.00117. The first kappa shape index (κ1) is 15.1. The van der Waals surface area contributed by atoms with Crippen molar-refractivity contribution in [3.05, 3.63) is 78.4 Å². The highest BCUT2D eigenvalue weighted by atomic mass is 32.1. The van der Waals surface area contributed by atoms with Crippen LogP contribution in [0.4, 0.5) is 5.69 Å². The van der Waals surface area contributed by atoms with E-state index in [1.54, 1.807) is 6.07 Å². The van der Waals surface area contributed by atoms with Crippen LogP contribution < -0.4 is 5.32 Å². The Morgan fingerprint density at radius 1 is 0.826 bits per heavy atom. The van der Waals surface area contributed by atoms with Gasteiger partial charge in [-0.05, 0) is 23.8 Å². The molecule has 3 aromatic carbocycles. The number of anilines is 1. The van der Waals surface area contributed by atoms with Crippen molar-refractivity contribution in [3.63, 3.8) is 0 Å². The van der Waals surface area contributed by atoms with Crippen molar-refractivity contribution in [3.8, 4) is 22.6 Å². The van der Waals surface area contributed by atoms with E-state index in [4.69, 9.17) is 12.2 Å². The van der Waals surface area contributed by atoms with Crippen molar-refractivity contribution in [2.24, 2.45) is 0 Å². The van der Waals surface area contributed by atoms with Gasteiger partial charge in [0.15, 0.2) is 0 Å². The molecule has 0 spiro atoms. The van der Waals surface area contributed by atoms with Crippen molar-refractivity contribution >= 4 is 22.9 Å². The van der Waals surface area contributed by atoms with Gasteiger partial charge in [0.1, 0.15) is 16.5 Å². The fourth-order valence-electron chi connectivity index (χ4n) is 2.36. The number of hydrogen-bond donors (Lipinski definition) is 3. The van der Waals surface area contributed by atoms with Crippen molar-refractivity contribution < 1.29 is 10.2 Å². The van der Waals surface area contributed by atoms with Crippen LogP contribution in [0.3, 0.4) is 0 Å². The molecule has 0 aliphatic carbocycles. The van der Waals surface area contributed by atoms with E-state index in [-0.39, 0.29) is 11.5 Å². The van der Waals surface area contributed by atoms with E-state index < -0.39 is 0 Å². The fraction of sp³-hybridized carbons (Fsp3) is 0. The van der Waals surface area contributed by atoms with Gasteiger partial charge in [-0.2, -0.15) is 0 Å². The first-order valence-electron chi connectivity index (χ1n) is 7.13. The second-order valence-corrected chi connectivity index (χ2v) is 5.48. The third kappa shape index (κ3) is 3.33. The fourth-order valence-corrected chi connectivity index (χ4v) is 2.65. The summed E-state index contributed by atoms with van der Waals surface area (Å²) < 4.78 is 0. The van der Waals surface area contributed by atoms with Crippen LogP contribution in [0.15, 0.2) is 72.8 Å². The van der Waals surface area contributed by atoms with Crippen molar-refractivity contribution in [1.82, 2.24) is 0 Å². The average Bonchev–Trinajstić information content (AvgIpc) is 2.56. The Labute approximate surface area is 139 Å². The van der Waals surface area contributed by atoms with Gasteiger partial charge in [0.25, 0.3) is 0 Å². The van der Waals surface area contributed by atoms with E-state index in [0.717, 1.165) is 16.8 Å². The predicted molar refractivity (Wildman–Crippen MR) is 97.0 cm³/mol. The van der Waals surface area contributed by atoms with Crippen molar-refractivity contribution in [1.29, 1.82) is 0 Å². The first-order chi connectivity index (χ1) is 11.1. The van der Waals surface area contributed by atoms with Crippen LogP contribution >= 0.6 is 12.2 Å². The summed E-state index contributed by atoms with van der Waals surface area (Å²) in [5.41, 5.74) is 3.43. The van der Waals surface area contributed by atoms with Crippen molar-refractivity contribution in [2.45, 2.75) is 0 Å². The molecule has 114 valence electrons. The van der Waals surface area contributed by atoms with Crippen LogP contribution in [-0.2, 0) is 0 Å². The molecule has 0 aliphatic heterocycles. The van der Waals surface area contributed by atoms with E-state index in [9.17, 15) is 10.2 Å². The minimum Gasteiger partial charge on any atom is -0.508 e. The lowest BCUT2D eigenvalue weighted by Crippen LogP contribution is -2.11. The molecule has 0 heterocycles. The van der Waals surface area contributed by atoms with Crippen LogP contribution in [0.2, 0.25) is 0 Å². The molecular weight excluding hydrogens is 306 g/mol. The molecule has 0 saturated heterocycles. The van der Waals surface area contributed by atoms with Crippen molar-refractivity contribution in [2.75, 3.05) is 5.32 Å². The van der Waals surface area contributed by atoms with Gasteiger partial charge in [0.2, 0.25) is 0 Å². The maximum atomic E-state index is 9.94. The molecule has 0 fully saturated rings. The summed E-state index contributed by atoms with van der Waals surface area (Å²) in [5, 5.41) is 22.5. The zero-order valence-corrected chi connectivity index (χ0v) is 13.0. The smallest absolute Gasteiger partial charge is 0.129 e. The summed E-state index contributed by atoms with van der Waals surface area (Å²) in [6.45, 7) is 0. The maximum Gasteiger partial charge on any atom is 0.129 e. The van der Waals surface area contributed by atoms with Gasteiger partial charge >= 0.3 is 0 Å². The average molecular weight is 321 g/mol. The van der Waals surface area contributed by atoms with E-state index >= 15 is 0 Å². The summed E-state index contributed by atoms with van der Waals surface area (Å²) in [6, 6.07) is 22.2. The number of benzene rings is 3. The molecule has 4 heteroatoms. The molecule has 0 saturated carbocycles. The molecule has 0 aliphatic rings. The zero-order chi connectivity index (χ0) is 16.2. The topological polar surface area (TPSA) is 52.5 Å². The third-order valence-electron chi connectivity index (χ3n) is 3.49. The van der Waals surface area contributed by atoms with Crippen LogP contribution in [0.25, 0.3) is 11.1 Å². The van der Waals surface area contributed by atoms with Crippen LogP contribution in [0.1, 0.15) is 5.56 Å². The lowest BCUT2D eigenvalue weighted by atomic mass is 10.0. The second kappa shape index (κ2) is 6.50. The molecule has 3 N–H and O–H groups in total. The Balaban J connectivity index is 1.93. The highest BCUT2D eigenvalue weighted by Gasteiger charge is 2.11. The zero-order valence-electron chi connectivity index (χ0n) is 12.2. The van der Waals surface area contributed by atoms with Gasteiger partial charge in [-0.25, -0.2) is 0 Å². The molecule has 0 radical (unpaired) electrons. The second-order valence-electron chi connectivity index (χ2n) is 5.07. The van der Waals surface area contributed by atoms with Crippen LogP contribution in [0, 0.1) is 0 Å². The molecule has 3 nitrogen and oxygen atoms in total. The Morgan fingerprint density at radius 3 is 2.26 bits per heavy atom. The van der Waals surface area contributed by atoms with E-state index in [1.165, 1.54) is 12.1 Å². The number of nitrogens with one attached hydrogen (secondary N) is 1. The molecule has 0 unspecified atom stereocenters. The Bertz CT molecular complexity index is 847. The third-order valence-corrected chi connectivity index (χ3v) is 3.81. The molecule has 0 atom stereocenters. The molecule has 23 heavy (non-hydrogen) atoms. The summed E-state index contributed by atoms with van der Waals surface area (Å²) in [6.07, 6.45) is 0. The summed E-state index contributed by atoms with van der Waals surface area (Å²) in [5.74, 6) is -0.0570. The number of para-hydroxylation sites is 1. The largest absolute Gasteiger partial charge is 0.508 e. The van der Waals surface area contributed by atoms with E-state index in [0.29, 0.717) is 10.6 Å². The maximum absolute atomic E-state index is 9.94. The molecule has 3 aromatic rings. The normalized spacial score (nSPS) is 10.3. The monoisotopic (exact) mass is 321 g/mol. The van der Waals surface area contributed by atoms with Crippen LogP contribution in [0.5, 0.6) is 11.5 Å². The van der Waals surface area contributed by atoms with Crippen LogP contribution in [-0.4, -0.2) is 15.2 Å². The highest BCUT2D eigenvalue weighted by Crippen LogP contribution is 2.29. The highest BCUT2D eigenvalue weighted by molar-refractivity contribution is 7.81. The van der Waals surface area contributed by atoms with Gasteiger partial charge < -0.3 is 15.5 Å². The summed E-state index contributed by atoms with van der Waals surface area (Å²) >= 11 is 5.39. The number of hydrogen-bond acceptors (Lipinski definition) is 3. The van der Waals surface area contributed by atoms with Gasteiger partial charge in [0.05, 0.1) is 5.56 Å². The predicted octanol–water partition coefficient (Wildman–Crippen LogP) is 4.55. The first-order valence-corrected chi connectivity index (χ1v) is 7.54. The summed E-state index contributed by atoms with van der Waals surface area (Å²) in [4.78, 5) is 0.394. The molecular formula is C19H15NO2S.